The van der Waals surface area contributed by atoms with Crippen LogP contribution in [0.5, 0.6) is 0 Å². The third kappa shape index (κ3) is 8.08. The molecule has 0 amide bonds. The molecular formula is C24H26S3. The molecule has 0 aromatic heterocycles. The van der Waals surface area contributed by atoms with Crippen LogP contribution in [-0.4, -0.2) is 10.3 Å². The van der Waals surface area contributed by atoms with Crippen LogP contribution < -0.4 is 0 Å². The summed E-state index contributed by atoms with van der Waals surface area (Å²) in [5.41, 5.74) is 4.27. The average molecular weight is 411 g/mol. The van der Waals surface area contributed by atoms with Gasteiger partial charge in [-0.2, -0.15) is 11.8 Å². The van der Waals surface area contributed by atoms with Crippen LogP contribution in [0.2, 0.25) is 0 Å². The van der Waals surface area contributed by atoms with Gasteiger partial charge in [0.05, 0.1) is 4.58 Å². The van der Waals surface area contributed by atoms with Crippen molar-refractivity contribution in [2.45, 2.75) is 28.3 Å². The fourth-order valence-corrected chi connectivity index (χ4v) is 6.46. The molecule has 27 heavy (non-hydrogen) atoms. The van der Waals surface area contributed by atoms with Crippen molar-refractivity contribution in [3.05, 3.63) is 108 Å². The summed E-state index contributed by atoms with van der Waals surface area (Å²) in [5, 5.41) is 0. The van der Waals surface area contributed by atoms with E-state index in [1.165, 1.54) is 28.9 Å². The second kappa shape index (κ2) is 12.2. The van der Waals surface area contributed by atoms with Crippen molar-refractivity contribution in [1.29, 1.82) is 0 Å². The van der Waals surface area contributed by atoms with Crippen molar-refractivity contribution in [3.8, 4) is 0 Å². The first-order chi connectivity index (χ1) is 13.4. The minimum Gasteiger partial charge on any atom is -0.157 e. The van der Waals surface area contributed by atoms with Gasteiger partial charge in [0, 0.05) is 17.3 Å². The largest absolute Gasteiger partial charge is 0.157 e. The highest BCUT2D eigenvalue weighted by molar-refractivity contribution is 8.16. The third-order valence-corrected chi connectivity index (χ3v) is 8.26. The lowest BCUT2D eigenvalue weighted by molar-refractivity contribution is 1.06. The monoisotopic (exact) mass is 410 g/mol. The molecule has 0 bridgehead atoms. The summed E-state index contributed by atoms with van der Waals surface area (Å²) in [4.78, 5) is 0. The fraction of sp³-hybridized carbons (Fsp3) is 0.250. The third-order valence-electron chi connectivity index (χ3n) is 4.17. The highest BCUT2D eigenvalue weighted by Gasteiger charge is 2.11. The number of hydrogen-bond acceptors (Lipinski definition) is 3. The Morgan fingerprint density at radius 2 is 0.926 bits per heavy atom. The van der Waals surface area contributed by atoms with Gasteiger partial charge in [-0.25, -0.2) is 0 Å². The zero-order valence-corrected chi connectivity index (χ0v) is 17.9. The molecule has 0 unspecified atom stereocenters. The van der Waals surface area contributed by atoms with Crippen molar-refractivity contribution >= 4 is 35.3 Å². The predicted molar refractivity (Wildman–Crippen MR) is 126 cm³/mol. The Morgan fingerprint density at radius 3 is 1.37 bits per heavy atom. The Kier molecular flexibility index (Phi) is 9.26. The van der Waals surface area contributed by atoms with Gasteiger partial charge in [0.25, 0.3) is 0 Å². The topological polar surface area (TPSA) is 0 Å². The van der Waals surface area contributed by atoms with E-state index < -0.39 is 0 Å². The van der Waals surface area contributed by atoms with Gasteiger partial charge in [-0.3, -0.25) is 0 Å². The average Bonchev–Trinajstić information content (AvgIpc) is 2.75. The Bertz CT molecular complexity index is 701. The fourth-order valence-electron chi connectivity index (χ4n) is 2.69. The van der Waals surface area contributed by atoms with Crippen molar-refractivity contribution in [2.24, 2.45) is 0 Å². The van der Waals surface area contributed by atoms with Gasteiger partial charge < -0.3 is 0 Å². The molecule has 0 atom stereocenters. The standard InChI is InChI=1S/C24H26S3/c1-4-10-21(11-5-1)18-25-17-16-24(26-19-22-12-6-2-7-13-22)27-20-23-14-8-3-9-15-23/h1-15,24H,16-20H2. The highest BCUT2D eigenvalue weighted by atomic mass is 32.2. The van der Waals surface area contributed by atoms with Crippen LogP contribution in [0.4, 0.5) is 0 Å². The summed E-state index contributed by atoms with van der Waals surface area (Å²) in [6.07, 6.45) is 1.24. The van der Waals surface area contributed by atoms with Crippen molar-refractivity contribution in [1.82, 2.24) is 0 Å². The lowest BCUT2D eigenvalue weighted by Crippen LogP contribution is -2.01. The van der Waals surface area contributed by atoms with Gasteiger partial charge >= 0.3 is 0 Å². The van der Waals surface area contributed by atoms with Gasteiger partial charge in [0.15, 0.2) is 0 Å². The van der Waals surface area contributed by atoms with Gasteiger partial charge in [-0.05, 0) is 28.9 Å². The zero-order valence-electron chi connectivity index (χ0n) is 15.5. The first-order valence-corrected chi connectivity index (χ1v) is 12.6. The smallest absolute Gasteiger partial charge is 0.0517 e. The molecule has 140 valence electrons. The van der Waals surface area contributed by atoms with Crippen molar-refractivity contribution in [3.63, 3.8) is 0 Å². The Morgan fingerprint density at radius 1 is 0.519 bits per heavy atom. The molecule has 3 aromatic carbocycles. The number of rotatable bonds is 11. The molecule has 0 aliphatic rings. The maximum absolute atomic E-state index is 2.23. The summed E-state index contributed by atoms with van der Waals surface area (Å²) in [7, 11) is 0. The van der Waals surface area contributed by atoms with Crippen LogP contribution in [0.3, 0.4) is 0 Å². The van der Waals surface area contributed by atoms with Crippen molar-refractivity contribution in [2.75, 3.05) is 5.75 Å². The van der Waals surface area contributed by atoms with Gasteiger partial charge in [0.2, 0.25) is 0 Å². The molecule has 0 radical (unpaired) electrons. The lowest BCUT2D eigenvalue weighted by Gasteiger charge is -2.16. The molecule has 0 spiro atoms. The van der Waals surface area contributed by atoms with Crippen LogP contribution in [0.1, 0.15) is 23.1 Å². The van der Waals surface area contributed by atoms with Crippen LogP contribution in [0, 0.1) is 0 Å². The van der Waals surface area contributed by atoms with Crippen LogP contribution >= 0.6 is 35.3 Å². The van der Waals surface area contributed by atoms with E-state index in [-0.39, 0.29) is 0 Å². The Hall–Kier alpha value is -1.29. The van der Waals surface area contributed by atoms with Gasteiger partial charge in [-0.1, -0.05) is 91.0 Å². The van der Waals surface area contributed by atoms with Crippen LogP contribution in [0.15, 0.2) is 91.0 Å². The molecule has 0 N–H and O–H groups in total. The quantitative estimate of drug-likeness (QED) is 0.237. The van der Waals surface area contributed by atoms with E-state index in [4.69, 9.17) is 0 Å². The van der Waals surface area contributed by atoms with E-state index in [9.17, 15) is 0 Å². The number of hydrogen-bond donors (Lipinski definition) is 0. The van der Waals surface area contributed by atoms with E-state index in [0.29, 0.717) is 4.58 Å². The predicted octanol–water partition coefficient (Wildman–Crippen LogP) is 7.50. The van der Waals surface area contributed by atoms with Crippen LogP contribution in [-0.2, 0) is 17.3 Å². The Labute approximate surface area is 176 Å². The van der Waals surface area contributed by atoms with E-state index in [2.05, 4.69) is 126 Å². The van der Waals surface area contributed by atoms with Gasteiger partial charge in [-0.15, -0.1) is 23.5 Å². The molecule has 0 saturated heterocycles. The van der Waals surface area contributed by atoms with Gasteiger partial charge in [0.1, 0.15) is 0 Å². The molecule has 3 rings (SSSR count). The maximum atomic E-state index is 2.23. The van der Waals surface area contributed by atoms with E-state index in [1.54, 1.807) is 0 Å². The first-order valence-electron chi connectivity index (χ1n) is 9.33. The van der Waals surface area contributed by atoms with E-state index in [0.717, 1.165) is 17.3 Å². The lowest BCUT2D eigenvalue weighted by atomic mass is 10.2. The SMILES string of the molecule is c1ccc(CSCCC(SCc2ccccc2)SCc2ccccc2)cc1. The minimum absolute atomic E-state index is 0.633. The maximum Gasteiger partial charge on any atom is 0.0517 e. The first kappa shape index (κ1) is 20.4. The molecule has 0 fully saturated rings. The Balaban J connectivity index is 1.47. The molecule has 3 aromatic rings. The molecule has 0 aliphatic heterocycles. The normalized spacial score (nSPS) is 11.0. The molecule has 0 aliphatic carbocycles. The summed E-state index contributed by atoms with van der Waals surface area (Å²) in [6, 6.07) is 32.5. The number of benzene rings is 3. The van der Waals surface area contributed by atoms with Crippen molar-refractivity contribution < 1.29 is 0 Å². The summed E-state index contributed by atoms with van der Waals surface area (Å²) in [6.45, 7) is 0. The second-order valence-corrected chi connectivity index (χ2v) is 10.1. The summed E-state index contributed by atoms with van der Waals surface area (Å²) >= 11 is 6.23. The molecule has 0 saturated carbocycles. The zero-order chi connectivity index (χ0) is 18.6. The van der Waals surface area contributed by atoms with E-state index in [1.807, 2.05) is 0 Å². The molecular weight excluding hydrogens is 384 g/mol. The molecule has 0 heterocycles. The summed E-state index contributed by atoms with van der Waals surface area (Å²) < 4.78 is 0.633. The highest BCUT2D eigenvalue weighted by Crippen LogP contribution is 2.33. The summed E-state index contributed by atoms with van der Waals surface area (Å²) in [5.74, 6) is 4.51. The molecule has 3 heteroatoms. The number of thioether (sulfide) groups is 3. The van der Waals surface area contributed by atoms with Crippen LogP contribution in [0.25, 0.3) is 0 Å². The second-order valence-electron chi connectivity index (χ2n) is 6.35. The minimum atomic E-state index is 0.633. The van der Waals surface area contributed by atoms with E-state index >= 15 is 0 Å². The molecule has 0 nitrogen and oxygen atoms in total.